The fourth-order valence-electron chi connectivity index (χ4n) is 1.42. The lowest BCUT2D eigenvalue weighted by Crippen LogP contribution is -2.28. The van der Waals surface area contributed by atoms with E-state index < -0.39 is 31.4 Å². The number of nitro benzene ring substituents is 1. The molecule has 3 N–H and O–H groups in total. The molecular weight excluding hydrogens is 370 g/mol. The van der Waals surface area contributed by atoms with Gasteiger partial charge in [-0.05, 0) is 15.9 Å². The molecule has 0 saturated carbocycles. The Morgan fingerprint density at radius 1 is 1.52 bits per heavy atom. The van der Waals surface area contributed by atoms with E-state index in [0.717, 1.165) is 12.1 Å². The third-order valence-electron chi connectivity index (χ3n) is 2.38. The molecule has 0 spiro atoms. The van der Waals surface area contributed by atoms with Crippen LogP contribution < -0.4 is 10.5 Å². The maximum Gasteiger partial charge on any atom is 0.271 e. The topological polar surface area (TPSA) is 142 Å². The van der Waals surface area contributed by atoms with Crippen LogP contribution in [0.1, 0.15) is 10.4 Å². The van der Waals surface area contributed by atoms with Crippen molar-refractivity contribution in [3.05, 3.63) is 32.3 Å². The quantitative estimate of drug-likeness (QED) is 0.414. The van der Waals surface area contributed by atoms with Gasteiger partial charge in [0.25, 0.3) is 11.6 Å². The van der Waals surface area contributed by atoms with Crippen molar-refractivity contribution in [1.29, 1.82) is 0 Å². The highest BCUT2D eigenvalue weighted by molar-refractivity contribution is 9.10. The first-order chi connectivity index (χ1) is 9.68. The highest BCUT2D eigenvalue weighted by Gasteiger charge is 2.24. The number of primary sulfonamides is 1. The Kier molecular flexibility index (Phi) is 5.78. The summed E-state index contributed by atoms with van der Waals surface area (Å²) in [6, 6.07) is 1.74. The van der Waals surface area contributed by atoms with Gasteiger partial charge in [0.1, 0.15) is 4.90 Å². The van der Waals surface area contributed by atoms with E-state index in [-0.39, 0.29) is 23.2 Å². The molecule has 11 heteroatoms. The van der Waals surface area contributed by atoms with Gasteiger partial charge in [0.15, 0.2) is 0 Å². The van der Waals surface area contributed by atoms with Crippen molar-refractivity contribution < 1.29 is 22.9 Å². The van der Waals surface area contributed by atoms with Crippen LogP contribution in [0.25, 0.3) is 0 Å². The molecule has 0 aliphatic carbocycles. The summed E-state index contributed by atoms with van der Waals surface area (Å²) in [6.45, 7) is 0.398. The van der Waals surface area contributed by atoms with Gasteiger partial charge in [-0.2, -0.15) is 0 Å². The van der Waals surface area contributed by atoms with Crippen molar-refractivity contribution >= 4 is 37.5 Å². The molecule has 1 aromatic carbocycles. The molecule has 0 unspecified atom stereocenters. The molecule has 21 heavy (non-hydrogen) atoms. The van der Waals surface area contributed by atoms with Gasteiger partial charge < -0.3 is 10.1 Å². The lowest BCUT2D eigenvalue weighted by molar-refractivity contribution is -0.385. The van der Waals surface area contributed by atoms with Crippen LogP contribution in [-0.4, -0.2) is 39.5 Å². The third-order valence-corrected chi connectivity index (χ3v) is 4.43. The van der Waals surface area contributed by atoms with Crippen LogP contribution in [0.5, 0.6) is 0 Å². The van der Waals surface area contributed by atoms with Crippen LogP contribution in [0.2, 0.25) is 0 Å². The summed E-state index contributed by atoms with van der Waals surface area (Å²) in [5.41, 5.74) is -0.761. The number of hydrogen-bond donors (Lipinski definition) is 2. The summed E-state index contributed by atoms with van der Waals surface area (Å²) in [7, 11) is -2.79. The number of amides is 1. The summed E-state index contributed by atoms with van der Waals surface area (Å²) >= 11 is 2.94. The molecule has 0 fully saturated rings. The lowest BCUT2D eigenvalue weighted by atomic mass is 10.2. The number of nitrogens with zero attached hydrogens (tertiary/aromatic N) is 1. The molecule has 1 rings (SSSR count). The Labute approximate surface area is 128 Å². The number of nitrogens with one attached hydrogen (secondary N) is 1. The Hall–Kier alpha value is -1.56. The number of hydrogen-bond acceptors (Lipinski definition) is 6. The smallest absolute Gasteiger partial charge is 0.271 e. The number of rotatable bonds is 6. The van der Waals surface area contributed by atoms with Gasteiger partial charge in [-0.25, -0.2) is 13.6 Å². The van der Waals surface area contributed by atoms with Crippen molar-refractivity contribution in [2.45, 2.75) is 4.90 Å². The molecule has 0 bridgehead atoms. The Balaban J connectivity index is 3.34. The number of benzene rings is 1. The predicted octanol–water partition coefficient (Wildman–Crippen LogP) is 0.381. The molecular formula is C10H12BrN3O6S. The van der Waals surface area contributed by atoms with Crippen molar-refractivity contribution in [3.63, 3.8) is 0 Å². The number of sulfonamides is 1. The maximum absolute atomic E-state index is 11.9. The maximum atomic E-state index is 11.9. The Bertz CT molecular complexity index is 676. The molecule has 116 valence electrons. The number of ether oxygens (including phenoxy) is 1. The second-order valence-corrected chi connectivity index (χ2v) is 6.18. The van der Waals surface area contributed by atoms with Gasteiger partial charge in [0.05, 0.1) is 21.6 Å². The molecule has 0 saturated heterocycles. The Morgan fingerprint density at radius 3 is 2.62 bits per heavy atom. The molecule has 0 radical (unpaired) electrons. The monoisotopic (exact) mass is 381 g/mol. The molecule has 1 amide bonds. The Morgan fingerprint density at radius 2 is 2.14 bits per heavy atom. The number of carbonyl (C=O) groups excluding carboxylic acids is 1. The van der Waals surface area contributed by atoms with Crippen LogP contribution in [0.15, 0.2) is 21.5 Å². The number of methoxy groups -OCH3 is 1. The molecule has 0 heterocycles. The van der Waals surface area contributed by atoms with E-state index in [1.54, 1.807) is 0 Å². The van der Waals surface area contributed by atoms with Crippen LogP contribution in [0.4, 0.5) is 5.69 Å². The van der Waals surface area contributed by atoms with E-state index in [0.29, 0.717) is 0 Å². The van der Waals surface area contributed by atoms with E-state index in [2.05, 4.69) is 21.2 Å². The highest BCUT2D eigenvalue weighted by atomic mass is 79.9. The minimum atomic E-state index is -4.23. The number of nitro groups is 1. The van der Waals surface area contributed by atoms with Crippen molar-refractivity contribution in [3.8, 4) is 0 Å². The van der Waals surface area contributed by atoms with Gasteiger partial charge in [0.2, 0.25) is 10.0 Å². The molecule has 0 aromatic heterocycles. The molecule has 0 aliphatic heterocycles. The van der Waals surface area contributed by atoms with Crippen LogP contribution in [-0.2, 0) is 14.8 Å². The first kappa shape index (κ1) is 17.5. The standard InChI is InChI=1S/C10H12BrN3O6S/c1-20-3-2-13-10(15)7-4-6(14(16)17)5-8(9(7)11)21(12,18)19/h4-5H,2-3H2,1H3,(H,13,15)(H2,12,18,19). The molecule has 1 aromatic rings. The van der Waals surface area contributed by atoms with Crippen LogP contribution >= 0.6 is 15.9 Å². The summed E-state index contributed by atoms with van der Waals surface area (Å²) in [6.07, 6.45) is 0. The summed E-state index contributed by atoms with van der Waals surface area (Å²) in [4.78, 5) is 21.4. The fraction of sp³-hybridized carbons (Fsp3) is 0.300. The SMILES string of the molecule is COCCNC(=O)c1cc([N+](=O)[O-])cc(S(N)(=O)=O)c1Br. The minimum absolute atomic E-state index is 0.134. The third kappa shape index (κ3) is 4.46. The first-order valence-corrected chi connectivity index (χ1v) is 7.80. The van der Waals surface area contributed by atoms with Gasteiger partial charge >= 0.3 is 0 Å². The van der Waals surface area contributed by atoms with Gasteiger partial charge in [-0.3, -0.25) is 14.9 Å². The summed E-state index contributed by atoms with van der Waals surface area (Å²) in [5, 5.41) is 18.2. The van der Waals surface area contributed by atoms with E-state index in [9.17, 15) is 23.3 Å². The van der Waals surface area contributed by atoms with Crippen LogP contribution in [0, 0.1) is 10.1 Å². The first-order valence-electron chi connectivity index (χ1n) is 5.46. The number of nitrogens with two attached hydrogens (primary N) is 1. The van der Waals surface area contributed by atoms with Crippen molar-refractivity contribution in [2.24, 2.45) is 5.14 Å². The zero-order chi connectivity index (χ0) is 16.2. The zero-order valence-corrected chi connectivity index (χ0v) is 13.2. The number of non-ortho nitro benzene ring substituents is 1. The summed E-state index contributed by atoms with van der Waals surface area (Å²) < 4.78 is 27.5. The predicted molar refractivity (Wildman–Crippen MR) is 76.4 cm³/mol. The average Bonchev–Trinajstić information content (AvgIpc) is 2.37. The normalized spacial score (nSPS) is 11.2. The largest absolute Gasteiger partial charge is 0.383 e. The molecule has 9 nitrogen and oxygen atoms in total. The molecule has 0 atom stereocenters. The van der Waals surface area contributed by atoms with Gasteiger partial charge in [-0.15, -0.1) is 0 Å². The number of carbonyl (C=O) groups is 1. The van der Waals surface area contributed by atoms with E-state index in [4.69, 9.17) is 9.88 Å². The fourth-order valence-corrected chi connectivity index (χ4v) is 3.15. The minimum Gasteiger partial charge on any atom is -0.383 e. The van der Waals surface area contributed by atoms with E-state index >= 15 is 0 Å². The second-order valence-electron chi connectivity index (χ2n) is 3.86. The average molecular weight is 382 g/mol. The number of halogens is 1. The zero-order valence-electron chi connectivity index (χ0n) is 10.8. The van der Waals surface area contributed by atoms with Gasteiger partial charge in [0, 0.05) is 25.8 Å². The lowest BCUT2D eigenvalue weighted by Gasteiger charge is -2.09. The second kappa shape index (κ2) is 6.93. The van der Waals surface area contributed by atoms with Crippen molar-refractivity contribution in [1.82, 2.24) is 5.32 Å². The molecule has 0 aliphatic rings. The van der Waals surface area contributed by atoms with Crippen molar-refractivity contribution in [2.75, 3.05) is 20.3 Å². The van der Waals surface area contributed by atoms with E-state index in [1.165, 1.54) is 7.11 Å². The van der Waals surface area contributed by atoms with Gasteiger partial charge in [-0.1, -0.05) is 0 Å². The summed E-state index contributed by atoms with van der Waals surface area (Å²) in [5.74, 6) is -0.687. The highest BCUT2D eigenvalue weighted by Crippen LogP contribution is 2.30. The van der Waals surface area contributed by atoms with Crippen LogP contribution in [0.3, 0.4) is 0 Å². The van der Waals surface area contributed by atoms with E-state index in [1.807, 2.05) is 0 Å².